The lowest BCUT2D eigenvalue weighted by atomic mass is 9.96. The van der Waals surface area contributed by atoms with Crippen molar-refractivity contribution in [1.29, 1.82) is 0 Å². The number of hydrogen-bond donors (Lipinski definition) is 0. The Morgan fingerprint density at radius 3 is 2.35 bits per heavy atom. The van der Waals surface area contributed by atoms with Gasteiger partial charge in [-0.25, -0.2) is 12.8 Å². The van der Waals surface area contributed by atoms with Gasteiger partial charge in [-0.1, -0.05) is 12.1 Å². The third-order valence-corrected chi connectivity index (χ3v) is 5.73. The molecule has 0 N–H and O–H groups in total. The van der Waals surface area contributed by atoms with Crippen molar-refractivity contribution in [1.82, 2.24) is 4.90 Å². The van der Waals surface area contributed by atoms with Gasteiger partial charge < -0.3 is 9.64 Å². The molecular weight excluding hydrogens is 363 g/mol. The molecule has 0 unspecified atom stereocenters. The molecule has 1 atom stereocenters. The van der Waals surface area contributed by atoms with E-state index in [4.69, 9.17) is 4.74 Å². The third kappa shape index (κ3) is 4.32. The van der Waals surface area contributed by atoms with Crippen molar-refractivity contribution in [3.63, 3.8) is 0 Å². The average Bonchev–Trinajstić information content (AvgIpc) is 2.61. The number of nitrogens with zero attached hydrogens (tertiary/aromatic N) is 2. The number of halogens is 1. The molecule has 1 aliphatic heterocycles. The molecule has 9 heteroatoms. The van der Waals surface area contributed by atoms with E-state index in [1.165, 1.54) is 37.1 Å². The number of rotatable bonds is 5. The van der Waals surface area contributed by atoms with Gasteiger partial charge in [0.1, 0.15) is 11.9 Å². The topological polar surface area (TPSA) is 84.0 Å². The summed E-state index contributed by atoms with van der Waals surface area (Å²) in [6.45, 7) is 2.07. The molecule has 0 saturated carbocycles. The van der Waals surface area contributed by atoms with E-state index in [1.807, 2.05) is 0 Å². The second kappa shape index (κ2) is 8.03. The standard InChI is InChI=1S/C17H23FN2O5S/c1-12(16(21)19-10-8-13(9-11-19)17(22)25-2)20(26(3,23)24)15-7-5-4-6-14(15)18/h4-7,12-13H,8-11H2,1-3H3/t12-/m1/s1. The van der Waals surface area contributed by atoms with E-state index in [9.17, 15) is 22.4 Å². The molecule has 1 aromatic carbocycles. The van der Waals surface area contributed by atoms with Gasteiger partial charge in [-0.05, 0) is 31.9 Å². The Kier molecular flexibility index (Phi) is 6.22. The summed E-state index contributed by atoms with van der Waals surface area (Å²) in [6.07, 6.45) is 1.83. The molecule has 1 heterocycles. The Bertz CT molecular complexity index is 775. The van der Waals surface area contributed by atoms with E-state index in [1.54, 1.807) is 0 Å². The number of piperidine rings is 1. The first-order valence-corrected chi connectivity index (χ1v) is 10.1. The van der Waals surface area contributed by atoms with E-state index in [-0.39, 0.29) is 17.6 Å². The van der Waals surface area contributed by atoms with Crippen LogP contribution < -0.4 is 4.31 Å². The molecule has 26 heavy (non-hydrogen) atoms. The molecule has 0 radical (unpaired) electrons. The molecule has 144 valence electrons. The Morgan fingerprint density at radius 1 is 1.27 bits per heavy atom. The molecule has 1 aliphatic rings. The lowest BCUT2D eigenvalue weighted by molar-refractivity contribution is -0.149. The molecule has 1 saturated heterocycles. The van der Waals surface area contributed by atoms with Crippen LogP contribution in [0.4, 0.5) is 10.1 Å². The molecule has 1 aromatic rings. The average molecular weight is 386 g/mol. The van der Waals surface area contributed by atoms with Crippen molar-refractivity contribution in [2.24, 2.45) is 5.92 Å². The number of benzene rings is 1. The van der Waals surface area contributed by atoms with Crippen LogP contribution in [0.1, 0.15) is 19.8 Å². The highest BCUT2D eigenvalue weighted by Gasteiger charge is 2.35. The quantitative estimate of drug-likeness (QED) is 0.714. The van der Waals surface area contributed by atoms with E-state index < -0.39 is 27.8 Å². The fourth-order valence-electron chi connectivity index (χ4n) is 3.17. The molecule has 0 aromatic heterocycles. The first-order chi connectivity index (χ1) is 12.2. The SMILES string of the molecule is COC(=O)C1CCN(C(=O)[C@@H](C)N(c2ccccc2F)S(C)(=O)=O)CC1. The zero-order valence-corrected chi connectivity index (χ0v) is 15.8. The van der Waals surface area contributed by atoms with Crippen molar-refractivity contribution in [2.75, 3.05) is 30.8 Å². The molecule has 1 fully saturated rings. The first kappa shape index (κ1) is 20.2. The second-order valence-electron chi connectivity index (χ2n) is 6.31. The van der Waals surface area contributed by atoms with Crippen LogP contribution in [0.15, 0.2) is 24.3 Å². The third-order valence-electron chi connectivity index (χ3n) is 4.50. The van der Waals surface area contributed by atoms with Crippen molar-refractivity contribution < 1.29 is 27.1 Å². The summed E-state index contributed by atoms with van der Waals surface area (Å²) in [7, 11) is -2.56. The normalized spacial score (nSPS) is 16.8. The number of carbonyl (C=O) groups excluding carboxylic acids is 2. The van der Waals surface area contributed by atoms with Crippen LogP contribution in [0.2, 0.25) is 0 Å². The van der Waals surface area contributed by atoms with Crippen molar-refractivity contribution >= 4 is 27.6 Å². The predicted octanol–water partition coefficient (Wildman–Crippen LogP) is 1.39. The lowest BCUT2D eigenvalue weighted by Gasteiger charge is -2.36. The maximum absolute atomic E-state index is 14.1. The number of amides is 1. The Labute approximate surface area is 152 Å². The van der Waals surface area contributed by atoms with Crippen molar-refractivity contribution in [3.05, 3.63) is 30.1 Å². The van der Waals surface area contributed by atoms with Crippen LogP contribution in [0, 0.1) is 11.7 Å². The van der Waals surface area contributed by atoms with Gasteiger partial charge in [-0.2, -0.15) is 0 Å². The summed E-state index contributed by atoms with van der Waals surface area (Å²) in [5, 5.41) is 0. The summed E-state index contributed by atoms with van der Waals surface area (Å²) >= 11 is 0. The van der Waals surface area contributed by atoms with Gasteiger partial charge in [0.2, 0.25) is 15.9 Å². The highest BCUT2D eigenvalue weighted by atomic mass is 32.2. The Hall–Kier alpha value is -2.16. The van der Waals surface area contributed by atoms with Gasteiger partial charge in [0.15, 0.2) is 0 Å². The minimum atomic E-state index is -3.88. The highest BCUT2D eigenvalue weighted by Crippen LogP contribution is 2.26. The Morgan fingerprint density at radius 2 is 1.85 bits per heavy atom. The molecular formula is C17H23FN2O5S. The van der Waals surface area contributed by atoms with E-state index >= 15 is 0 Å². The predicted molar refractivity (Wildman–Crippen MR) is 94.5 cm³/mol. The van der Waals surface area contributed by atoms with Gasteiger partial charge in [0, 0.05) is 13.1 Å². The molecule has 0 bridgehead atoms. The van der Waals surface area contributed by atoms with Crippen molar-refractivity contribution in [2.45, 2.75) is 25.8 Å². The fourth-order valence-corrected chi connectivity index (χ4v) is 4.34. The number of ether oxygens (including phenoxy) is 1. The van der Waals surface area contributed by atoms with E-state index in [2.05, 4.69) is 0 Å². The lowest BCUT2D eigenvalue weighted by Crippen LogP contribution is -2.52. The number of hydrogen-bond acceptors (Lipinski definition) is 5. The minimum absolute atomic E-state index is 0.166. The zero-order chi connectivity index (χ0) is 19.5. The smallest absolute Gasteiger partial charge is 0.308 e. The summed E-state index contributed by atoms with van der Waals surface area (Å²) < 4.78 is 44.1. The van der Waals surface area contributed by atoms with Crippen LogP contribution in [0.3, 0.4) is 0 Å². The molecule has 7 nitrogen and oxygen atoms in total. The Balaban J connectivity index is 2.19. The van der Waals surface area contributed by atoms with E-state index in [0.717, 1.165) is 16.6 Å². The summed E-state index contributed by atoms with van der Waals surface area (Å²) in [5.41, 5.74) is -0.166. The highest BCUT2D eigenvalue weighted by molar-refractivity contribution is 7.92. The van der Waals surface area contributed by atoms with Crippen LogP contribution in [-0.2, 0) is 24.3 Å². The molecule has 0 spiro atoms. The van der Waals surface area contributed by atoms with Gasteiger partial charge in [0.25, 0.3) is 0 Å². The van der Waals surface area contributed by atoms with Crippen molar-refractivity contribution in [3.8, 4) is 0 Å². The number of para-hydroxylation sites is 1. The monoisotopic (exact) mass is 386 g/mol. The van der Waals surface area contributed by atoms with Crippen LogP contribution >= 0.6 is 0 Å². The van der Waals surface area contributed by atoms with E-state index in [0.29, 0.717) is 25.9 Å². The summed E-state index contributed by atoms with van der Waals surface area (Å²) in [5.74, 6) is -1.73. The van der Waals surface area contributed by atoms with Gasteiger partial charge >= 0.3 is 5.97 Å². The number of likely N-dealkylation sites (tertiary alicyclic amines) is 1. The number of carbonyl (C=O) groups is 2. The van der Waals surface area contributed by atoms with Gasteiger partial charge in [0.05, 0.1) is 25.0 Å². The fraction of sp³-hybridized carbons (Fsp3) is 0.529. The number of esters is 1. The zero-order valence-electron chi connectivity index (χ0n) is 15.0. The molecule has 2 rings (SSSR count). The van der Waals surface area contributed by atoms with Gasteiger partial charge in [-0.15, -0.1) is 0 Å². The van der Waals surface area contributed by atoms with Crippen LogP contribution in [-0.4, -0.2) is 57.7 Å². The van der Waals surface area contributed by atoms with Crippen LogP contribution in [0.5, 0.6) is 0 Å². The number of sulfonamides is 1. The van der Waals surface area contributed by atoms with Gasteiger partial charge in [-0.3, -0.25) is 13.9 Å². The van der Waals surface area contributed by atoms with Crippen LogP contribution in [0.25, 0.3) is 0 Å². The number of methoxy groups -OCH3 is 1. The summed E-state index contributed by atoms with van der Waals surface area (Å²) in [6, 6.07) is 4.33. The maximum atomic E-state index is 14.1. The minimum Gasteiger partial charge on any atom is -0.469 e. The first-order valence-electron chi connectivity index (χ1n) is 8.27. The largest absolute Gasteiger partial charge is 0.469 e. The summed E-state index contributed by atoms with van der Waals surface area (Å²) in [4.78, 5) is 25.9. The molecule has 0 aliphatic carbocycles. The molecule has 1 amide bonds. The maximum Gasteiger partial charge on any atom is 0.308 e. The second-order valence-corrected chi connectivity index (χ2v) is 8.17. The number of anilines is 1.